The van der Waals surface area contributed by atoms with Gasteiger partial charge >= 0.3 is 41.8 Å². The van der Waals surface area contributed by atoms with Gasteiger partial charge in [-0.2, -0.15) is 0 Å². The fourth-order valence-corrected chi connectivity index (χ4v) is 9.39. The highest BCUT2D eigenvalue weighted by molar-refractivity contribution is 5.90. The normalized spacial score (nSPS) is 18.2. The fraction of sp³-hybridized carbons (Fsp3) is 0.596. The number of nitrogens with one attached hydrogen (secondary N) is 5. The van der Waals surface area contributed by atoms with E-state index in [2.05, 4.69) is 26.6 Å². The maximum atomic E-state index is 13.8. The molecule has 4 rings (SSSR count). The predicted octanol–water partition coefficient (Wildman–Crippen LogP) is -0.920. The molecule has 0 unspecified atom stereocenters. The van der Waals surface area contributed by atoms with Crippen LogP contribution in [0.4, 0.5) is 4.79 Å². The summed E-state index contributed by atoms with van der Waals surface area (Å²) in [6.07, 6.45) is 1.79. The molecule has 79 heavy (non-hydrogen) atoms. The molecule has 1 aliphatic carbocycles. The number of carbonyl (C=O) groups excluding carboxylic acids is 5. The molecule has 2 aliphatic rings. The number of benzene rings is 2. The van der Waals surface area contributed by atoms with E-state index in [1.54, 1.807) is 19.6 Å². The number of nitrogens with zero attached hydrogens (tertiary/aromatic N) is 5. The zero-order chi connectivity index (χ0) is 58.0. The van der Waals surface area contributed by atoms with Gasteiger partial charge in [-0.3, -0.25) is 58.0 Å². The minimum absolute atomic E-state index is 0.0301. The second-order valence-electron chi connectivity index (χ2n) is 20.1. The molecule has 1 aliphatic heterocycles. The lowest BCUT2D eigenvalue weighted by Crippen LogP contribution is -2.51. The van der Waals surface area contributed by atoms with E-state index in [1.165, 1.54) is 11.9 Å². The highest BCUT2D eigenvalue weighted by Gasteiger charge is 2.31. The van der Waals surface area contributed by atoms with Crippen molar-refractivity contribution in [3.63, 3.8) is 0 Å². The zero-order valence-corrected chi connectivity index (χ0v) is 44.5. The maximum absolute atomic E-state index is 13.8. The first-order valence-electron chi connectivity index (χ1n) is 26.4. The number of hydrogen-bond acceptors (Lipinski definition) is 15. The molecule has 436 valence electrons. The molecule has 0 aromatic heterocycles. The molecule has 1 saturated heterocycles. The SMILES string of the molecule is CN(CC(=O)NCC1CCC(C(=O)N[C@@H](Cc2ccc3ccccc3c2)C(=O)NCCCC[C@H](NC(=O)N[C@@H](CCC(=O)O)C(=O)O)C(=O)O)CC1)C(=O)CN1CCN(CC(=O)O)CCN(CC(=O)O)CCN(CC(=O)O)CC1. The van der Waals surface area contributed by atoms with Crippen molar-refractivity contribution in [2.45, 2.75) is 82.3 Å². The summed E-state index contributed by atoms with van der Waals surface area (Å²) in [6, 6.07) is 8.38. The minimum Gasteiger partial charge on any atom is -0.481 e. The van der Waals surface area contributed by atoms with Gasteiger partial charge < -0.3 is 62.1 Å². The predicted molar refractivity (Wildman–Crippen MR) is 283 cm³/mol. The van der Waals surface area contributed by atoms with Crippen LogP contribution >= 0.6 is 0 Å². The average molecular weight is 1110 g/mol. The van der Waals surface area contributed by atoms with Crippen molar-refractivity contribution >= 4 is 76.2 Å². The van der Waals surface area contributed by atoms with Crippen molar-refractivity contribution in [1.29, 1.82) is 0 Å². The molecular weight excluding hydrogens is 1040 g/mol. The highest BCUT2D eigenvalue weighted by atomic mass is 16.4. The van der Waals surface area contributed by atoms with Gasteiger partial charge in [0, 0.05) is 91.3 Å². The monoisotopic (exact) mass is 1110 g/mol. The smallest absolute Gasteiger partial charge is 0.326 e. The molecule has 0 radical (unpaired) electrons. The highest BCUT2D eigenvalue weighted by Crippen LogP contribution is 2.29. The van der Waals surface area contributed by atoms with Crippen LogP contribution in [0.15, 0.2) is 42.5 Å². The van der Waals surface area contributed by atoms with E-state index in [1.807, 2.05) is 42.5 Å². The Morgan fingerprint density at radius 3 is 1.58 bits per heavy atom. The van der Waals surface area contributed by atoms with E-state index < -0.39 is 96.5 Å². The minimum atomic E-state index is -1.56. The molecule has 1 saturated carbocycles. The number of carbonyl (C=O) groups is 11. The second kappa shape index (κ2) is 33.1. The van der Waals surface area contributed by atoms with E-state index in [9.17, 15) is 78.3 Å². The molecule has 3 atom stereocenters. The summed E-state index contributed by atoms with van der Waals surface area (Å²) in [7, 11) is 1.49. The summed E-state index contributed by atoms with van der Waals surface area (Å²) in [4.78, 5) is 144. The molecule has 0 spiro atoms. The van der Waals surface area contributed by atoms with Crippen molar-refractivity contribution in [3.05, 3.63) is 48.0 Å². The number of unbranched alkanes of at least 4 members (excludes halogenated alkanes) is 1. The molecule has 2 aromatic rings. The van der Waals surface area contributed by atoms with Crippen molar-refractivity contribution in [2.75, 3.05) is 105 Å². The number of rotatable bonds is 29. The van der Waals surface area contributed by atoms with Crippen LogP contribution in [-0.2, 0) is 54.4 Å². The third-order valence-electron chi connectivity index (χ3n) is 13.9. The number of carboxylic acids is 6. The molecule has 27 nitrogen and oxygen atoms in total. The van der Waals surface area contributed by atoms with E-state index >= 15 is 0 Å². The standard InChI is InChI=1S/C52H76N10O17/c1-58(43(64)30-59-18-20-60(31-45(67)68)22-24-62(33-47(71)72)25-23-61(21-19-59)32-46(69)70)29-42(63)54-28-34-9-13-37(14-10-34)48(73)55-41(27-35-11-12-36-6-2-3-7-38(36)26-35)49(74)53-17-5-4-8-39(50(75)76)56-52(79)57-40(51(77)78)15-16-44(65)66/h2-3,6-7,11-12,26,34,37,39-41H,4-5,8-10,13-25,27-33H2,1H3,(H,53,74)(H,54,63)(H,55,73)(H,65,66)(H,67,68)(H,69,70)(H,71,72)(H,75,76)(H,77,78)(H2,56,57,79)/t34?,37?,39-,40-,41-/m0/s1. The van der Waals surface area contributed by atoms with Crippen LogP contribution in [0.1, 0.15) is 63.4 Å². The topological polar surface area (TPSA) is 386 Å². The van der Waals surface area contributed by atoms with E-state index in [0.717, 1.165) is 16.3 Å². The fourth-order valence-electron chi connectivity index (χ4n) is 9.39. The summed E-state index contributed by atoms with van der Waals surface area (Å²) in [6.45, 7) is 0.924. The summed E-state index contributed by atoms with van der Waals surface area (Å²) in [5.74, 6) is -9.32. The molecule has 1 heterocycles. The number of aliphatic carboxylic acids is 6. The Bertz CT molecular complexity index is 2410. The maximum Gasteiger partial charge on any atom is 0.326 e. The summed E-state index contributed by atoms with van der Waals surface area (Å²) < 4.78 is 0. The number of carboxylic acid groups (broad SMARTS) is 6. The molecule has 2 fully saturated rings. The van der Waals surface area contributed by atoms with Gasteiger partial charge in [-0.1, -0.05) is 42.5 Å². The van der Waals surface area contributed by atoms with Gasteiger partial charge in [0.1, 0.15) is 18.1 Å². The summed E-state index contributed by atoms with van der Waals surface area (Å²) >= 11 is 0. The molecular formula is C52H76N10O17. The van der Waals surface area contributed by atoms with E-state index in [0.29, 0.717) is 32.2 Å². The molecule has 6 amide bonds. The van der Waals surface area contributed by atoms with Gasteiger partial charge in [0.2, 0.25) is 23.6 Å². The Morgan fingerprint density at radius 1 is 0.570 bits per heavy atom. The molecule has 27 heteroatoms. The Kier molecular flexibility index (Phi) is 26.8. The van der Waals surface area contributed by atoms with Crippen molar-refractivity contribution in [1.82, 2.24) is 51.1 Å². The largest absolute Gasteiger partial charge is 0.481 e. The number of urea groups is 1. The average Bonchev–Trinajstić information content (AvgIpc) is 3.40. The Hall–Kier alpha value is -7.49. The van der Waals surface area contributed by atoms with Crippen LogP contribution in [0, 0.1) is 11.8 Å². The van der Waals surface area contributed by atoms with Gasteiger partial charge in [-0.05, 0) is 73.6 Å². The van der Waals surface area contributed by atoms with Crippen LogP contribution in [0.3, 0.4) is 0 Å². The van der Waals surface area contributed by atoms with Crippen molar-refractivity contribution in [3.8, 4) is 0 Å². The Labute approximate surface area is 457 Å². The Morgan fingerprint density at radius 2 is 1.08 bits per heavy atom. The summed E-state index contributed by atoms with van der Waals surface area (Å²) in [5.41, 5.74) is 0.795. The van der Waals surface area contributed by atoms with Gasteiger partial charge in [0.25, 0.3) is 0 Å². The number of hydrogen-bond donors (Lipinski definition) is 11. The molecule has 11 N–H and O–H groups in total. The molecule has 0 bridgehead atoms. The first kappa shape index (κ1) is 64.0. The lowest BCUT2D eigenvalue weighted by atomic mass is 9.81. The lowest BCUT2D eigenvalue weighted by molar-refractivity contribution is -0.141. The van der Waals surface area contributed by atoms with Crippen LogP contribution in [0.2, 0.25) is 0 Å². The molecule has 2 aromatic carbocycles. The quantitative estimate of drug-likeness (QED) is 0.0439. The number of amides is 6. The first-order chi connectivity index (χ1) is 37.5. The van der Waals surface area contributed by atoms with E-state index in [-0.39, 0.29) is 129 Å². The van der Waals surface area contributed by atoms with Crippen molar-refractivity contribution in [2.24, 2.45) is 11.8 Å². The zero-order valence-electron chi connectivity index (χ0n) is 44.5. The Balaban J connectivity index is 1.27. The van der Waals surface area contributed by atoms with Gasteiger partial charge in [-0.25, -0.2) is 14.4 Å². The number of likely N-dealkylation sites (N-methyl/N-ethyl adjacent to an activating group) is 1. The first-order valence-corrected chi connectivity index (χ1v) is 26.4. The summed E-state index contributed by atoms with van der Waals surface area (Å²) in [5, 5.41) is 71.2. The van der Waals surface area contributed by atoms with Crippen LogP contribution in [0.5, 0.6) is 0 Å². The second-order valence-corrected chi connectivity index (χ2v) is 20.1. The van der Waals surface area contributed by atoms with Crippen LogP contribution in [-0.4, -0.2) is 244 Å². The third kappa shape index (κ3) is 24.4. The lowest BCUT2D eigenvalue weighted by Gasteiger charge is -2.33. The van der Waals surface area contributed by atoms with Crippen molar-refractivity contribution < 1.29 is 83.4 Å². The third-order valence-corrected chi connectivity index (χ3v) is 13.9. The van der Waals surface area contributed by atoms with Gasteiger partial charge in [0.05, 0.1) is 32.7 Å². The van der Waals surface area contributed by atoms with Crippen LogP contribution < -0.4 is 26.6 Å². The van der Waals surface area contributed by atoms with Gasteiger partial charge in [0.15, 0.2) is 0 Å². The number of fused-ring (bicyclic) bond motifs is 1. The van der Waals surface area contributed by atoms with Gasteiger partial charge in [-0.15, -0.1) is 0 Å². The van der Waals surface area contributed by atoms with E-state index in [4.69, 9.17) is 5.11 Å². The van der Waals surface area contributed by atoms with Crippen LogP contribution in [0.25, 0.3) is 10.8 Å².